The minimum absolute atomic E-state index is 0.199. The van der Waals surface area contributed by atoms with Gasteiger partial charge >= 0.3 is 0 Å². The van der Waals surface area contributed by atoms with Gasteiger partial charge < -0.3 is 9.88 Å². The number of nitrogens with zero attached hydrogens (tertiary/aromatic N) is 1. The molecule has 1 aromatic heterocycles. The Bertz CT molecular complexity index is 869. The Morgan fingerprint density at radius 3 is 2.56 bits per heavy atom. The number of hydrogen-bond donors (Lipinski definition) is 2. The van der Waals surface area contributed by atoms with Gasteiger partial charge in [0.15, 0.2) is 0 Å². The van der Waals surface area contributed by atoms with Crippen LogP contribution in [0.4, 0.5) is 0 Å². The normalized spacial score (nSPS) is 16.8. The fourth-order valence-corrected chi connectivity index (χ4v) is 4.36. The number of likely N-dealkylation sites (tertiary alicyclic amines) is 1. The molecule has 1 aliphatic heterocycles. The van der Waals surface area contributed by atoms with Gasteiger partial charge in [-0.3, -0.25) is 4.79 Å². The lowest BCUT2D eigenvalue weighted by molar-refractivity contribution is 0.282. The smallest absolute Gasteiger partial charge is 0.248 e. The average Bonchev–Trinajstić information content (AvgIpc) is 2.87. The van der Waals surface area contributed by atoms with E-state index in [1.807, 2.05) is 0 Å². The molecule has 2 N–H and O–H groups in total. The summed E-state index contributed by atoms with van der Waals surface area (Å²) in [5.74, 6) is 0. The van der Waals surface area contributed by atoms with Crippen LogP contribution in [-0.2, 0) is 10.0 Å². The highest BCUT2D eigenvalue weighted by atomic mass is 32.2. The van der Waals surface area contributed by atoms with Crippen LogP contribution in [0.2, 0.25) is 0 Å². The van der Waals surface area contributed by atoms with Crippen LogP contribution in [0.25, 0.3) is 10.9 Å². The van der Waals surface area contributed by atoms with Crippen molar-refractivity contribution >= 4 is 20.9 Å². The van der Waals surface area contributed by atoms with E-state index < -0.39 is 10.0 Å². The van der Waals surface area contributed by atoms with Gasteiger partial charge in [0.1, 0.15) is 0 Å². The number of nitrogens with one attached hydrogen (secondary N) is 2. The molecule has 1 fully saturated rings. The molecule has 7 heteroatoms. The van der Waals surface area contributed by atoms with Gasteiger partial charge in [-0.25, -0.2) is 13.1 Å². The Morgan fingerprint density at radius 1 is 1.04 bits per heavy atom. The largest absolute Gasteiger partial charge is 0.322 e. The molecule has 1 aromatic carbocycles. The number of rotatable bonds is 6. The number of hydrogen-bond acceptors (Lipinski definition) is 4. The van der Waals surface area contributed by atoms with E-state index in [-0.39, 0.29) is 10.5 Å². The van der Waals surface area contributed by atoms with Crippen molar-refractivity contribution < 1.29 is 8.42 Å². The Morgan fingerprint density at radius 2 is 1.80 bits per heavy atom. The second-order valence-corrected chi connectivity index (χ2v) is 8.35. The topological polar surface area (TPSA) is 82.3 Å². The summed E-state index contributed by atoms with van der Waals surface area (Å²) >= 11 is 0. The van der Waals surface area contributed by atoms with E-state index in [4.69, 9.17) is 0 Å². The van der Waals surface area contributed by atoms with Gasteiger partial charge in [-0.1, -0.05) is 12.8 Å². The lowest BCUT2D eigenvalue weighted by atomic mass is 10.2. The summed E-state index contributed by atoms with van der Waals surface area (Å²) in [5.41, 5.74) is 0.433. The van der Waals surface area contributed by atoms with Gasteiger partial charge in [0, 0.05) is 18.1 Å². The van der Waals surface area contributed by atoms with Gasteiger partial charge in [-0.05, 0) is 68.5 Å². The summed E-state index contributed by atoms with van der Waals surface area (Å²) in [6, 6.07) is 7.76. The standard InChI is InChI=1S/C18H25N3O3S/c22-18-9-6-15-14-16(7-8-17(15)20-18)25(23,24)19-10-5-13-21-11-3-1-2-4-12-21/h6-9,14,19H,1-5,10-13H2,(H,20,22). The second-order valence-electron chi connectivity index (χ2n) is 6.58. The van der Waals surface area contributed by atoms with Crippen molar-refractivity contribution in [1.82, 2.24) is 14.6 Å². The van der Waals surface area contributed by atoms with Crippen LogP contribution >= 0.6 is 0 Å². The van der Waals surface area contributed by atoms with Crippen LogP contribution in [0.15, 0.2) is 40.0 Å². The number of benzene rings is 1. The number of aromatic amines is 1. The fraction of sp³-hybridized carbons (Fsp3) is 0.500. The van der Waals surface area contributed by atoms with E-state index in [1.165, 1.54) is 37.8 Å². The molecule has 0 atom stereocenters. The monoisotopic (exact) mass is 363 g/mol. The molecule has 0 radical (unpaired) electrons. The molecular formula is C18H25N3O3S. The SMILES string of the molecule is O=c1ccc2cc(S(=O)(=O)NCCCN3CCCCCC3)ccc2[nH]1. The molecule has 1 saturated heterocycles. The quantitative estimate of drug-likeness (QED) is 0.770. The maximum atomic E-state index is 12.5. The fourth-order valence-electron chi connectivity index (χ4n) is 3.25. The molecule has 0 saturated carbocycles. The summed E-state index contributed by atoms with van der Waals surface area (Å²) in [6.45, 7) is 3.61. The third-order valence-electron chi connectivity index (χ3n) is 4.65. The number of pyridine rings is 1. The summed E-state index contributed by atoms with van der Waals surface area (Å²) in [5, 5.41) is 0.701. The van der Waals surface area contributed by atoms with Gasteiger partial charge in [0.2, 0.25) is 15.6 Å². The Labute approximate surface area is 148 Å². The van der Waals surface area contributed by atoms with Crippen LogP contribution in [0, 0.1) is 0 Å². The average molecular weight is 363 g/mol. The van der Waals surface area contributed by atoms with Gasteiger partial charge in [0.05, 0.1) is 4.90 Å². The van der Waals surface area contributed by atoms with Gasteiger partial charge in [-0.2, -0.15) is 0 Å². The van der Waals surface area contributed by atoms with Crippen molar-refractivity contribution in [2.24, 2.45) is 0 Å². The predicted molar refractivity (Wildman–Crippen MR) is 99.3 cm³/mol. The minimum atomic E-state index is -3.53. The highest BCUT2D eigenvalue weighted by Gasteiger charge is 2.14. The number of aromatic nitrogens is 1. The Hall–Kier alpha value is -1.70. The van der Waals surface area contributed by atoms with E-state index in [1.54, 1.807) is 18.2 Å². The first-order valence-electron chi connectivity index (χ1n) is 8.90. The maximum absolute atomic E-state index is 12.5. The first kappa shape index (κ1) is 18.1. The van der Waals surface area contributed by atoms with E-state index >= 15 is 0 Å². The third kappa shape index (κ3) is 4.90. The molecule has 0 bridgehead atoms. The molecule has 136 valence electrons. The lowest BCUT2D eigenvalue weighted by Gasteiger charge is -2.19. The molecule has 2 heterocycles. The van der Waals surface area contributed by atoms with Crippen LogP contribution < -0.4 is 10.3 Å². The van der Waals surface area contributed by atoms with E-state index in [2.05, 4.69) is 14.6 Å². The van der Waals surface area contributed by atoms with Crippen molar-refractivity contribution in [3.8, 4) is 0 Å². The highest BCUT2D eigenvalue weighted by Crippen LogP contribution is 2.16. The van der Waals surface area contributed by atoms with E-state index in [9.17, 15) is 13.2 Å². The first-order chi connectivity index (χ1) is 12.0. The van der Waals surface area contributed by atoms with Crippen molar-refractivity contribution in [2.45, 2.75) is 37.0 Å². The van der Waals surface area contributed by atoms with Gasteiger partial charge in [0.25, 0.3) is 0 Å². The summed E-state index contributed by atoms with van der Waals surface area (Å²) < 4.78 is 27.6. The molecular weight excluding hydrogens is 338 g/mol. The first-order valence-corrected chi connectivity index (χ1v) is 10.4. The molecule has 0 aliphatic carbocycles. The summed E-state index contributed by atoms with van der Waals surface area (Å²) in [6.07, 6.45) is 5.89. The second kappa shape index (κ2) is 8.12. The molecule has 25 heavy (non-hydrogen) atoms. The highest BCUT2D eigenvalue weighted by molar-refractivity contribution is 7.89. The van der Waals surface area contributed by atoms with Crippen molar-refractivity contribution in [1.29, 1.82) is 0 Å². The zero-order valence-electron chi connectivity index (χ0n) is 14.3. The Kier molecular flexibility index (Phi) is 5.88. The zero-order chi connectivity index (χ0) is 17.7. The van der Waals surface area contributed by atoms with Crippen molar-refractivity contribution in [3.05, 3.63) is 40.7 Å². The molecule has 0 amide bonds. The van der Waals surface area contributed by atoms with Crippen LogP contribution in [0.3, 0.4) is 0 Å². The molecule has 0 unspecified atom stereocenters. The molecule has 3 rings (SSSR count). The molecule has 1 aliphatic rings. The Balaban J connectivity index is 1.58. The van der Waals surface area contributed by atoms with Crippen LogP contribution in [-0.4, -0.2) is 44.5 Å². The number of fused-ring (bicyclic) bond motifs is 1. The summed E-state index contributed by atoms with van der Waals surface area (Å²) in [4.78, 5) is 16.6. The van der Waals surface area contributed by atoms with E-state index in [0.717, 1.165) is 26.1 Å². The van der Waals surface area contributed by atoms with Gasteiger partial charge in [-0.15, -0.1) is 0 Å². The zero-order valence-corrected chi connectivity index (χ0v) is 15.1. The molecule has 6 nitrogen and oxygen atoms in total. The number of H-pyrrole nitrogens is 1. The van der Waals surface area contributed by atoms with Crippen molar-refractivity contribution in [2.75, 3.05) is 26.2 Å². The maximum Gasteiger partial charge on any atom is 0.248 e. The summed E-state index contributed by atoms with van der Waals surface area (Å²) in [7, 11) is -3.53. The number of sulfonamides is 1. The van der Waals surface area contributed by atoms with Crippen molar-refractivity contribution in [3.63, 3.8) is 0 Å². The van der Waals surface area contributed by atoms with E-state index in [0.29, 0.717) is 17.4 Å². The predicted octanol–water partition coefficient (Wildman–Crippen LogP) is 2.07. The molecule has 0 spiro atoms. The minimum Gasteiger partial charge on any atom is -0.322 e. The molecule has 2 aromatic rings. The van der Waals surface area contributed by atoms with Crippen LogP contribution in [0.1, 0.15) is 32.1 Å². The lowest BCUT2D eigenvalue weighted by Crippen LogP contribution is -2.30. The third-order valence-corrected chi connectivity index (χ3v) is 6.11. The van der Waals surface area contributed by atoms with Crippen LogP contribution in [0.5, 0.6) is 0 Å².